The Bertz CT molecular complexity index is 785. The highest BCUT2D eigenvalue weighted by molar-refractivity contribution is 5.90. The topological polar surface area (TPSA) is 30.7 Å². The van der Waals surface area contributed by atoms with Gasteiger partial charge in [0.15, 0.2) is 6.29 Å². The van der Waals surface area contributed by atoms with E-state index < -0.39 is 0 Å². The first-order valence-electron chi connectivity index (χ1n) is 7.00. The summed E-state index contributed by atoms with van der Waals surface area (Å²) >= 11 is 0. The van der Waals surface area contributed by atoms with Gasteiger partial charge in [0.25, 0.3) is 0 Å². The summed E-state index contributed by atoms with van der Waals surface area (Å²) in [6, 6.07) is 14.0. The molecule has 3 nitrogen and oxygen atoms in total. The molecule has 0 atom stereocenters. The smallest absolute Gasteiger partial charge is 0.167 e. The van der Waals surface area contributed by atoms with E-state index >= 15 is 0 Å². The van der Waals surface area contributed by atoms with Gasteiger partial charge in [0.2, 0.25) is 0 Å². The zero-order valence-electron chi connectivity index (χ0n) is 12.2. The average molecular weight is 279 g/mol. The third kappa shape index (κ3) is 2.31. The summed E-state index contributed by atoms with van der Waals surface area (Å²) < 4.78 is 7.14. The number of nitrogens with zero attached hydrogens (tertiary/aromatic N) is 1. The van der Waals surface area contributed by atoms with Crippen molar-refractivity contribution >= 4 is 11.8 Å². The van der Waals surface area contributed by atoms with Gasteiger partial charge in [-0.1, -0.05) is 25.1 Å². The van der Waals surface area contributed by atoms with Crippen molar-refractivity contribution in [3.63, 3.8) is 0 Å². The summed E-state index contributed by atoms with van der Waals surface area (Å²) in [7, 11) is 1.64. The van der Waals surface area contributed by atoms with Crippen molar-refractivity contribution in [2.45, 2.75) is 13.3 Å². The highest BCUT2D eigenvalue weighted by Gasteiger charge is 2.11. The first-order chi connectivity index (χ1) is 10.3. The number of hydrogen-bond acceptors (Lipinski definition) is 2. The quantitative estimate of drug-likeness (QED) is 0.676. The molecule has 3 heteroatoms. The fourth-order valence-electron chi connectivity index (χ4n) is 2.57. The van der Waals surface area contributed by atoms with E-state index in [0.717, 1.165) is 35.1 Å². The van der Waals surface area contributed by atoms with Gasteiger partial charge in [0.1, 0.15) is 5.75 Å². The van der Waals surface area contributed by atoms with E-state index in [-0.39, 0.29) is 0 Å². The molecule has 2 heterocycles. The van der Waals surface area contributed by atoms with E-state index in [1.807, 2.05) is 40.9 Å². The number of carbonyl (C=O) groups is 1. The van der Waals surface area contributed by atoms with Gasteiger partial charge < -0.3 is 9.14 Å². The van der Waals surface area contributed by atoms with Crippen LogP contribution in [0, 0.1) is 0 Å². The number of benzene rings is 1. The van der Waals surface area contributed by atoms with E-state index in [9.17, 15) is 4.79 Å². The Hall–Kier alpha value is -2.55. The van der Waals surface area contributed by atoms with Crippen LogP contribution in [0.3, 0.4) is 0 Å². The summed E-state index contributed by atoms with van der Waals surface area (Å²) in [4.78, 5) is 11.6. The average Bonchev–Trinajstić information content (AvgIpc) is 2.92. The van der Waals surface area contributed by atoms with Crippen molar-refractivity contribution in [1.82, 2.24) is 4.40 Å². The number of aldehydes is 1. The molecule has 2 aromatic heterocycles. The summed E-state index contributed by atoms with van der Waals surface area (Å²) in [5.41, 5.74) is 4.88. The van der Waals surface area contributed by atoms with Crippen LogP contribution in [0.2, 0.25) is 0 Å². The second-order valence-electron chi connectivity index (χ2n) is 4.98. The lowest BCUT2D eigenvalue weighted by Crippen LogP contribution is -1.94. The Kier molecular flexibility index (Phi) is 3.48. The minimum absolute atomic E-state index is 0.686. The second kappa shape index (κ2) is 5.44. The van der Waals surface area contributed by atoms with Gasteiger partial charge in [0.05, 0.1) is 12.8 Å². The Morgan fingerprint density at radius 3 is 2.52 bits per heavy atom. The van der Waals surface area contributed by atoms with Gasteiger partial charge in [-0.3, -0.25) is 4.79 Å². The van der Waals surface area contributed by atoms with Crippen molar-refractivity contribution < 1.29 is 9.53 Å². The third-order valence-corrected chi connectivity index (χ3v) is 3.79. The Labute approximate surface area is 123 Å². The maximum Gasteiger partial charge on any atom is 0.167 e. The van der Waals surface area contributed by atoms with Crippen LogP contribution in [0.15, 0.2) is 48.7 Å². The van der Waals surface area contributed by atoms with E-state index in [1.165, 1.54) is 5.56 Å². The summed E-state index contributed by atoms with van der Waals surface area (Å²) in [6.07, 6.45) is 3.91. The predicted molar refractivity (Wildman–Crippen MR) is 84.2 cm³/mol. The van der Waals surface area contributed by atoms with E-state index in [1.54, 1.807) is 7.11 Å². The Morgan fingerprint density at radius 2 is 1.90 bits per heavy atom. The molecule has 0 N–H and O–H groups in total. The number of ether oxygens (including phenoxy) is 1. The first kappa shape index (κ1) is 13.4. The van der Waals surface area contributed by atoms with Crippen molar-refractivity contribution in [3.8, 4) is 16.9 Å². The summed E-state index contributed by atoms with van der Waals surface area (Å²) in [5, 5.41) is 0. The van der Waals surface area contributed by atoms with E-state index in [2.05, 4.69) is 19.1 Å². The molecule has 0 bridgehead atoms. The highest BCUT2D eigenvalue weighted by atomic mass is 16.5. The molecule has 0 aliphatic rings. The van der Waals surface area contributed by atoms with Crippen LogP contribution in [0.25, 0.3) is 16.6 Å². The molecule has 0 spiro atoms. The maximum atomic E-state index is 11.6. The van der Waals surface area contributed by atoms with Crippen molar-refractivity contribution in [1.29, 1.82) is 0 Å². The molecule has 106 valence electrons. The molecular weight excluding hydrogens is 262 g/mol. The molecule has 0 aliphatic carbocycles. The second-order valence-corrected chi connectivity index (χ2v) is 4.98. The lowest BCUT2D eigenvalue weighted by atomic mass is 10.1. The van der Waals surface area contributed by atoms with Gasteiger partial charge in [-0.15, -0.1) is 0 Å². The minimum Gasteiger partial charge on any atom is -0.497 e. The standard InChI is InChI=1S/C18H17NO2/c1-3-13-4-7-15-10-17(18(12-20)19(15)11-13)14-5-8-16(21-2)9-6-14/h4-12H,3H2,1-2H3. The number of carbonyl (C=O) groups excluding carboxylic acids is 1. The molecule has 0 aliphatic heterocycles. The van der Waals surface area contributed by atoms with Crippen molar-refractivity contribution in [2.24, 2.45) is 0 Å². The van der Waals surface area contributed by atoms with Crippen LogP contribution in [-0.2, 0) is 6.42 Å². The highest BCUT2D eigenvalue weighted by Crippen LogP contribution is 2.28. The van der Waals surface area contributed by atoms with E-state index in [4.69, 9.17) is 4.74 Å². The summed E-state index contributed by atoms with van der Waals surface area (Å²) in [5.74, 6) is 0.809. The Balaban J connectivity index is 2.19. The number of aryl methyl sites for hydroxylation is 1. The number of aromatic nitrogens is 1. The molecular formula is C18H17NO2. The SMILES string of the molecule is CCc1ccc2cc(-c3ccc(OC)cc3)c(C=O)n2c1. The molecule has 0 radical (unpaired) electrons. The molecule has 21 heavy (non-hydrogen) atoms. The number of methoxy groups -OCH3 is 1. The van der Waals surface area contributed by atoms with Crippen LogP contribution in [0.1, 0.15) is 23.0 Å². The number of pyridine rings is 1. The first-order valence-corrected chi connectivity index (χ1v) is 7.00. The largest absolute Gasteiger partial charge is 0.497 e. The zero-order chi connectivity index (χ0) is 14.8. The van der Waals surface area contributed by atoms with Gasteiger partial charge in [-0.25, -0.2) is 0 Å². The van der Waals surface area contributed by atoms with Gasteiger partial charge >= 0.3 is 0 Å². The normalized spacial score (nSPS) is 10.8. The number of rotatable bonds is 4. The van der Waals surface area contributed by atoms with Crippen molar-refractivity contribution in [2.75, 3.05) is 7.11 Å². The van der Waals surface area contributed by atoms with Gasteiger partial charge in [0, 0.05) is 17.3 Å². The van der Waals surface area contributed by atoms with Crippen LogP contribution in [0.4, 0.5) is 0 Å². The molecule has 1 aromatic carbocycles. The molecule has 0 unspecified atom stereocenters. The lowest BCUT2D eigenvalue weighted by molar-refractivity contribution is 0.111. The number of hydrogen-bond donors (Lipinski definition) is 0. The van der Waals surface area contributed by atoms with Crippen LogP contribution < -0.4 is 4.74 Å². The van der Waals surface area contributed by atoms with Crippen molar-refractivity contribution in [3.05, 3.63) is 59.9 Å². The third-order valence-electron chi connectivity index (χ3n) is 3.79. The fourth-order valence-corrected chi connectivity index (χ4v) is 2.57. The predicted octanol–water partition coefficient (Wildman–Crippen LogP) is 3.99. The Morgan fingerprint density at radius 1 is 1.14 bits per heavy atom. The maximum absolute atomic E-state index is 11.6. The van der Waals surface area contributed by atoms with Gasteiger partial charge in [-0.05, 0) is 41.8 Å². The molecule has 3 rings (SSSR count). The van der Waals surface area contributed by atoms with Crippen LogP contribution in [-0.4, -0.2) is 17.8 Å². The molecule has 0 saturated heterocycles. The minimum atomic E-state index is 0.686. The van der Waals surface area contributed by atoms with Gasteiger partial charge in [-0.2, -0.15) is 0 Å². The fraction of sp³-hybridized carbons (Fsp3) is 0.167. The monoisotopic (exact) mass is 279 g/mol. The zero-order valence-corrected chi connectivity index (χ0v) is 12.2. The van der Waals surface area contributed by atoms with Crippen LogP contribution >= 0.6 is 0 Å². The molecule has 0 saturated carbocycles. The number of fused-ring (bicyclic) bond motifs is 1. The lowest BCUT2D eigenvalue weighted by Gasteiger charge is -2.04. The molecule has 0 amide bonds. The van der Waals surface area contributed by atoms with Crippen LogP contribution in [0.5, 0.6) is 5.75 Å². The molecule has 0 fully saturated rings. The molecule has 3 aromatic rings. The summed E-state index contributed by atoms with van der Waals surface area (Å²) in [6.45, 7) is 2.11. The van der Waals surface area contributed by atoms with E-state index in [0.29, 0.717) is 5.69 Å².